The zero-order chi connectivity index (χ0) is 26.5. The van der Waals surface area contributed by atoms with Crippen LogP contribution < -0.4 is 0 Å². The van der Waals surface area contributed by atoms with E-state index in [1.807, 2.05) is 36.4 Å². The van der Waals surface area contributed by atoms with E-state index in [4.69, 9.17) is 4.98 Å². The van der Waals surface area contributed by atoms with Gasteiger partial charge in [0.2, 0.25) is 0 Å². The zero-order valence-corrected chi connectivity index (χ0v) is 21.5. The summed E-state index contributed by atoms with van der Waals surface area (Å²) in [6, 6.07) is 41.9. The molecule has 0 radical (unpaired) electrons. The number of hydrogen-bond donors (Lipinski definition) is 0. The third-order valence-electron chi connectivity index (χ3n) is 7.46. The van der Waals surface area contributed by atoms with Gasteiger partial charge in [-0.3, -0.25) is 9.97 Å². The second kappa shape index (κ2) is 9.03. The van der Waals surface area contributed by atoms with Crippen LogP contribution in [0.4, 0.5) is 0 Å². The van der Waals surface area contributed by atoms with Gasteiger partial charge in [-0.2, -0.15) is 0 Å². The molecule has 0 fully saturated rings. The molecule has 5 nitrogen and oxygen atoms in total. The fourth-order valence-electron chi connectivity index (χ4n) is 5.69. The first-order chi connectivity index (χ1) is 19.8. The van der Waals surface area contributed by atoms with Crippen LogP contribution in [0.3, 0.4) is 0 Å². The van der Waals surface area contributed by atoms with Crippen LogP contribution in [0.1, 0.15) is 0 Å². The van der Waals surface area contributed by atoms with E-state index in [9.17, 15) is 0 Å². The first kappa shape index (κ1) is 22.4. The maximum absolute atomic E-state index is 4.95. The summed E-state index contributed by atoms with van der Waals surface area (Å²) in [4.78, 5) is 14.1. The van der Waals surface area contributed by atoms with Crippen molar-refractivity contribution in [3.63, 3.8) is 0 Å². The largest absolute Gasteiger partial charge is 0.316 e. The average Bonchev–Trinajstić information content (AvgIpc) is 3.62. The van der Waals surface area contributed by atoms with Gasteiger partial charge < -0.3 is 9.13 Å². The second-order valence-corrected chi connectivity index (χ2v) is 9.79. The number of para-hydroxylation sites is 2. The molecule has 0 amide bonds. The van der Waals surface area contributed by atoms with E-state index in [0.717, 1.165) is 39.7 Å². The molecule has 5 aromatic heterocycles. The van der Waals surface area contributed by atoms with E-state index in [2.05, 4.69) is 110 Å². The SMILES string of the molecule is c1ccc(-n2c3ccccc3c3ccc4c(ccn4-c4cc(-c5ccccn5)nc(-c5ccccn5)c4)c32)cc1. The number of aromatic nitrogens is 5. The molecule has 5 heteroatoms. The Morgan fingerprint density at radius 2 is 1.12 bits per heavy atom. The van der Waals surface area contributed by atoms with Gasteiger partial charge in [0.25, 0.3) is 0 Å². The second-order valence-electron chi connectivity index (χ2n) is 9.79. The van der Waals surface area contributed by atoms with Crippen molar-refractivity contribution in [1.29, 1.82) is 0 Å². The van der Waals surface area contributed by atoms with Crippen LogP contribution in [0, 0.1) is 0 Å². The van der Waals surface area contributed by atoms with E-state index in [0.29, 0.717) is 0 Å². The summed E-state index contributed by atoms with van der Waals surface area (Å²) in [5, 5.41) is 3.67. The number of benzene rings is 3. The van der Waals surface area contributed by atoms with Crippen molar-refractivity contribution in [2.24, 2.45) is 0 Å². The number of nitrogens with zero attached hydrogens (tertiary/aromatic N) is 5. The summed E-state index contributed by atoms with van der Waals surface area (Å²) in [5.74, 6) is 0. The summed E-state index contributed by atoms with van der Waals surface area (Å²) in [6.45, 7) is 0. The van der Waals surface area contributed by atoms with Crippen LogP contribution in [0.25, 0.3) is 66.9 Å². The molecule has 5 heterocycles. The molecule has 0 saturated heterocycles. The minimum atomic E-state index is 0.806. The Balaban J connectivity index is 1.41. The van der Waals surface area contributed by atoms with Gasteiger partial charge in [0, 0.05) is 46.1 Å². The van der Waals surface area contributed by atoms with Gasteiger partial charge in [0.1, 0.15) is 0 Å². The van der Waals surface area contributed by atoms with Crippen molar-refractivity contribution in [1.82, 2.24) is 24.1 Å². The molecule has 0 unspecified atom stereocenters. The summed E-state index contributed by atoms with van der Waals surface area (Å²) < 4.78 is 4.62. The smallest absolute Gasteiger partial charge is 0.0915 e. The van der Waals surface area contributed by atoms with Crippen molar-refractivity contribution in [2.45, 2.75) is 0 Å². The Morgan fingerprint density at radius 1 is 0.450 bits per heavy atom. The standard InChI is InChI=1S/C35H23N5/c1-2-10-24(11-3-1)40-34-15-5-4-12-26(34)27-16-17-33-28(35(27)40)18-21-39(33)25-22-31(29-13-6-8-19-36-29)38-32(23-25)30-14-7-9-20-37-30/h1-23H. The molecule has 0 N–H and O–H groups in total. The normalized spacial score (nSPS) is 11.5. The molecule has 8 aromatic rings. The fraction of sp³-hybridized carbons (Fsp3) is 0. The molecule has 0 aliphatic rings. The third-order valence-corrected chi connectivity index (χ3v) is 7.46. The van der Waals surface area contributed by atoms with Crippen LogP contribution in [0.2, 0.25) is 0 Å². The number of rotatable bonds is 4. The molecular formula is C35H23N5. The fourth-order valence-corrected chi connectivity index (χ4v) is 5.69. The summed E-state index contributed by atoms with van der Waals surface area (Å²) >= 11 is 0. The molecule has 0 atom stereocenters. The lowest BCUT2D eigenvalue weighted by atomic mass is 10.1. The van der Waals surface area contributed by atoms with Gasteiger partial charge in [-0.05, 0) is 66.7 Å². The minimum absolute atomic E-state index is 0.806. The van der Waals surface area contributed by atoms with Gasteiger partial charge in [-0.1, -0.05) is 54.6 Å². The quantitative estimate of drug-likeness (QED) is 0.238. The molecule has 8 rings (SSSR count). The molecule has 0 aliphatic carbocycles. The van der Waals surface area contributed by atoms with Crippen molar-refractivity contribution in [3.8, 4) is 34.2 Å². The first-order valence-electron chi connectivity index (χ1n) is 13.3. The maximum atomic E-state index is 4.95. The van der Waals surface area contributed by atoms with Gasteiger partial charge in [0.15, 0.2) is 0 Å². The van der Waals surface area contributed by atoms with Gasteiger partial charge in [0.05, 0.1) is 39.3 Å². The van der Waals surface area contributed by atoms with E-state index in [1.165, 1.54) is 27.2 Å². The first-order valence-corrected chi connectivity index (χ1v) is 13.3. The van der Waals surface area contributed by atoms with Crippen LogP contribution in [-0.2, 0) is 0 Å². The van der Waals surface area contributed by atoms with Gasteiger partial charge in [-0.25, -0.2) is 4.98 Å². The zero-order valence-electron chi connectivity index (χ0n) is 21.5. The summed E-state index contributed by atoms with van der Waals surface area (Å²) in [6.07, 6.45) is 5.75. The lowest BCUT2D eigenvalue weighted by Crippen LogP contribution is -1.98. The van der Waals surface area contributed by atoms with Crippen molar-refractivity contribution in [3.05, 3.63) is 140 Å². The van der Waals surface area contributed by atoms with Crippen molar-refractivity contribution >= 4 is 32.7 Å². The highest BCUT2D eigenvalue weighted by Crippen LogP contribution is 2.38. The summed E-state index contributed by atoms with van der Waals surface area (Å²) in [5.41, 5.74) is 8.93. The highest BCUT2D eigenvalue weighted by molar-refractivity contribution is 6.18. The predicted molar refractivity (Wildman–Crippen MR) is 162 cm³/mol. The Labute approximate surface area is 230 Å². The monoisotopic (exact) mass is 513 g/mol. The Bertz CT molecular complexity index is 2090. The molecule has 0 saturated carbocycles. The molecule has 0 spiro atoms. The van der Waals surface area contributed by atoms with Gasteiger partial charge in [-0.15, -0.1) is 0 Å². The van der Waals surface area contributed by atoms with Crippen LogP contribution in [0.5, 0.6) is 0 Å². The summed E-state index contributed by atoms with van der Waals surface area (Å²) in [7, 11) is 0. The van der Waals surface area contributed by atoms with Crippen molar-refractivity contribution < 1.29 is 0 Å². The Kier molecular flexibility index (Phi) is 5.07. The number of pyridine rings is 3. The Hall–Kier alpha value is -5.55. The number of fused-ring (bicyclic) bond motifs is 5. The molecule has 0 bridgehead atoms. The highest BCUT2D eigenvalue weighted by atomic mass is 15.0. The van der Waals surface area contributed by atoms with E-state index >= 15 is 0 Å². The molecule has 0 aliphatic heterocycles. The minimum Gasteiger partial charge on any atom is -0.316 e. The predicted octanol–water partition coefficient (Wildman–Crippen LogP) is 8.25. The lowest BCUT2D eigenvalue weighted by Gasteiger charge is -2.12. The molecular weight excluding hydrogens is 490 g/mol. The molecule has 40 heavy (non-hydrogen) atoms. The molecule has 3 aromatic carbocycles. The number of hydrogen-bond acceptors (Lipinski definition) is 3. The van der Waals surface area contributed by atoms with Crippen LogP contribution >= 0.6 is 0 Å². The average molecular weight is 514 g/mol. The highest BCUT2D eigenvalue weighted by Gasteiger charge is 2.17. The van der Waals surface area contributed by atoms with Gasteiger partial charge >= 0.3 is 0 Å². The third kappa shape index (κ3) is 3.52. The topological polar surface area (TPSA) is 48.5 Å². The maximum Gasteiger partial charge on any atom is 0.0915 e. The van der Waals surface area contributed by atoms with E-state index in [-0.39, 0.29) is 0 Å². The van der Waals surface area contributed by atoms with E-state index < -0.39 is 0 Å². The van der Waals surface area contributed by atoms with Crippen LogP contribution in [0.15, 0.2) is 140 Å². The van der Waals surface area contributed by atoms with Crippen molar-refractivity contribution in [2.75, 3.05) is 0 Å². The van der Waals surface area contributed by atoms with Crippen LogP contribution in [-0.4, -0.2) is 24.1 Å². The van der Waals surface area contributed by atoms with E-state index in [1.54, 1.807) is 12.4 Å². The lowest BCUT2D eigenvalue weighted by molar-refractivity contribution is 1.11. The molecule has 188 valence electrons. The Morgan fingerprint density at radius 3 is 1.82 bits per heavy atom.